The Hall–Kier alpha value is -4.15. The summed E-state index contributed by atoms with van der Waals surface area (Å²) in [5, 5.41) is 10.5. The van der Waals surface area contributed by atoms with Crippen molar-refractivity contribution in [3.8, 4) is 29.1 Å². The molecule has 1 aliphatic heterocycles. The third kappa shape index (κ3) is 6.39. The molecule has 3 aromatic carbocycles. The Balaban J connectivity index is 1.51. The van der Waals surface area contributed by atoms with E-state index in [2.05, 4.69) is 13.0 Å². The number of benzene rings is 3. The number of nitrogens with zero attached hydrogens (tertiary/aromatic N) is 1. The number of ether oxygens (including phenoxy) is 4. The standard InChI is InChI=1S/C30H29ClN2O5/c1-3-4-5-13-35-21-8-6-7-20(15-21)29-24-11-9-23(16-27(24)38-30(33)25(29)17-32)37-28(34)18-36-22-10-12-26(31)19(2)14-22/h6-12,14-16,29H,3-5,13,18,33H2,1-2H3. The van der Waals surface area contributed by atoms with Crippen LogP contribution in [0, 0.1) is 18.3 Å². The Morgan fingerprint density at radius 1 is 1.05 bits per heavy atom. The van der Waals surface area contributed by atoms with Gasteiger partial charge in [-0.2, -0.15) is 5.26 Å². The fourth-order valence-corrected chi connectivity index (χ4v) is 4.30. The lowest BCUT2D eigenvalue weighted by Gasteiger charge is -2.27. The maximum Gasteiger partial charge on any atom is 0.349 e. The van der Waals surface area contributed by atoms with E-state index in [0.29, 0.717) is 28.7 Å². The predicted octanol–water partition coefficient (Wildman–Crippen LogP) is 6.42. The Morgan fingerprint density at radius 3 is 2.61 bits per heavy atom. The van der Waals surface area contributed by atoms with E-state index >= 15 is 0 Å². The number of unbranched alkanes of at least 4 members (excludes halogenated alkanes) is 2. The molecular weight excluding hydrogens is 504 g/mol. The van der Waals surface area contributed by atoms with Crippen LogP contribution in [0.25, 0.3) is 0 Å². The number of nitrogens with two attached hydrogens (primary N) is 1. The number of carbonyl (C=O) groups excluding carboxylic acids is 1. The highest BCUT2D eigenvalue weighted by Gasteiger charge is 2.31. The molecule has 1 aliphatic rings. The minimum Gasteiger partial charge on any atom is -0.494 e. The van der Waals surface area contributed by atoms with Gasteiger partial charge in [0.1, 0.15) is 34.6 Å². The lowest BCUT2D eigenvalue weighted by molar-refractivity contribution is -0.136. The van der Waals surface area contributed by atoms with E-state index in [1.807, 2.05) is 31.2 Å². The molecule has 0 fully saturated rings. The Morgan fingerprint density at radius 2 is 1.84 bits per heavy atom. The monoisotopic (exact) mass is 532 g/mol. The number of carbonyl (C=O) groups is 1. The van der Waals surface area contributed by atoms with E-state index < -0.39 is 11.9 Å². The van der Waals surface area contributed by atoms with Gasteiger partial charge in [-0.05, 0) is 60.9 Å². The highest BCUT2D eigenvalue weighted by Crippen LogP contribution is 2.44. The molecule has 38 heavy (non-hydrogen) atoms. The van der Waals surface area contributed by atoms with Gasteiger partial charge in [0.05, 0.1) is 12.5 Å². The van der Waals surface area contributed by atoms with Crippen LogP contribution in [0.5, 0.6) is 23.0 Å². The molecule has 4 rings (SSSR count). The van der Waals surface area contributed by atoms with Crippen LogP contribution >= 0.6 is 11.6 Å². The highest BCUT2D eigenvalue weighted by molar-refractivity contribution is 6.31. The van der Waals surface area contributed by atoms with Gasteiger partial charge < -0.3 is 24.7 Å². The summed E-state index contributed by atoms with van der Waals surface area (Å²) in [4.78, 5) is 12.4. The zero-order valence-corrected chi connectivity index (χ0v) is 22.1. The average molecular weight is 533 g/mol. The van der Waals surface area contributed by atoms with Crippen LogP contribution in [-0.2, 0) is 4.79 Å². The number of fused-ring (bicyclic) bond motifs is 1. The van der Waals surface area contributed by atoms with E-state index in [4.69, 9.17) is 36.3 Å². The topological polar surface area (TPSA) is 104 Å². The molecule has 0 spiro atoms. The molecule has 1 heterocycles. The molecule has 0 aliphatic carbocycles. The molecule has 1 unspecified atom stereocenters. The summed E-state index contributed by atoms with van der Waals surface area (Å²) >= 11 is 6.03. The molecule has 8 heteroatoms. The molecule has 1 atom stereocenters. The first kappa shape index (κ1) is 26.9. The number of nitriles is 1. The van der Waals surface area contributed by atoms with E-state index in [-0.39, 0.29) is 18.2 Å². The van der Waals surface area contributed by atoms with Crippen molar-refractivity contribution in [2.75, 3.05) is 13.2 Å². The maximum absolute atomic E-state index is 12.4. The minimum atomic E-state index is -0.584. The molecule has 0 radical (unpaired) electrons. The van der Waals surface area contributed by atoms with Gasteiger partial charge in [-0.1, -0.05) is 49.6 Å². The minimum absolute atomic E-state index is 0.00388. The number of halogens is 1. The molecule has 0 aromatic heterocycles. The third-order valence-corrected chi connectivity index (χ3v) is 6.54. The first-order valence-electron chi connectivity index (χ1n) is 12.4. The smallest absolute Gasteiger partial charge is 0.349 e. The molecule has 3 aromatic rings. The van der Waals surface area contributed by atoms with Gasteiger partial charge in [0.25, 0.3) is 0 Å². The third-order valence-electron chi connectivity index (χ3n) is 6.12. The van der Waals surface area contributed by atoms with E-state index in [0.717, 1.165) is 41.7 Å². The molecule has 0 bridgehead atoms. The second-order valence-corrected chi connectivity index (χ2v) is 9.33. The van der Waals surface area contributed by atoms with E-state index in [1.165, 1.54) is 0 Å². The summed E-state index contributed by atoms with van der Waals surface area (Å²) < 4.78 is 22.6. The maximum atomic E-state index is 12.4. The zero-order valence-electron chi connectivity index (χ0n) is 21.3. The van der Waals surface area contributed by atoms with Crippen molar-refractivity contribution < 1.29 is 23.7 Å². The highest BCUT2D eigenvalue weighted by atomic mass is 35.5. The number of allylic oxidation sites excluding steroid dienone is 1. The van der Waals surface area contributed by atoms with Crippen LogP contribution in [0.4, 0.5) is 0 Å². The van der Waals surface area contributed by atoms with Crippen LogP contribution in [0.3, 0.4) is 0 Å². The summed E-state index contributed by atoms with van der Waals surface area (Å²) in [6.07, 6.45) is 3.19. The molecule has 7 nitrogen and oxygen atoms in total. The summed E-state index contributed by atoms with van der Waals surface area (Å²) in [5.41, 5.74) is 8.86. The first-order valence-corrected chi connectivity index (χ1v) is 12.8. The van der Waals surface area contributed by atoms with Crippen molar-refractivity contribution >= 4 is 17.6 Å². The van der Waals surface area contributed by atoms with Crippen LogP contribution in [0.15, 0.2) is 72.1 Å². The van der Waals surface area contributed by atoms with Crippen molar-refractivity contribution in [2.24, 2.45) is 5.73 Å². The normalized spacial score (nSPS) is 14.2. The SMILES string of the molecule is CCCCCOc1cccc(C2C(C#N)=C(N)Oc3cc(OC(=O)COc4ccc(Cl)c(C)c4)ccc32)c1. The van der Waals surface area contributed by atoms with Gasteiger partial charge in [0.2, 0.25) is 5.88 Å². The average Bonchev–Trinajstić information content (AvgIpc) is 2.91. The molecule has 0 saturated heterocycles. The van der Waals surface area contributed by atoms with Gasteiger partial charge in [0, 0.05) is 16.7 Å². The quantitative estimate of drug-likeness (QED) is 0.182. The van der Waals surface area contributed by atoms with Gasteiger partial charge in [-0.3, -0.25) is 0 Å². The van der Waals surface area contributed by atoms with Crippen LogP contribution in [0.1, 0.15) is 48.8 Å². The van der Waals surface area contributed by atoms with Crippen LogP contribution in [0.2, 0.25) is 5.02 Å². The van der Waals surface area contributed by atoms with Crippen molar-refractivity contribution in [3.63, 3.8) is 0 Å². The molecule has 0 amide bonds. The van der Waals surface area contributed by atoms with Crippen molar-refractivity contribution in [1.82, 2.24) is 0 Å². The van der Waals surface area contributed by atoms with Crippen molar-refractivity contribution in [1.29, 1.82) is 5.26 Å². The molecule has 196 valence electrons. The van der Waals surface area contributed by atoms with Crippen LogP contribution in [-0.4, -0.2) is 19.2 Å². The Bertz CT molecular complexity index is 1400. The van der Waals surface area contributed by atoms with Gasteiger partial charge in [-0.15, -0.1) is 0 Å². The first-order chi connectivity index (χ1) is 18.4. The molecule has 2 N–H and O–H groups in total. The summed E-state index contributed by atoms with van der Waals surface area (Å²) in [6.45, 7) is 4.34. The number of hydrogen-bond donors (Lipinski definition) is 1. The number of rotatable bonds is 10. The molecule has 0 saturated carbocycles. The largest absolute Gasteiger partial charge is 0.494 e. The van der Waals surface area contributed by atoms with Gasteiger partial charge in [0.15, 0.2) is 6.61 Å². The lowest BCUT2D eigenvalue weighted by Crippen LogP contribution is -2.21. The summed E-state index contributed by atoms with van der Waals surface area (Å²) in [7, 11) is 0. The number of aryl methyl sites for hydroxylation is 1. The lowest BCUT2D eigenvalue weighted by atomic mass is 9.83. The fraction of sp³-hybridized carbons (Fsp3) is 0.267. The van der Waals surface area contributed by atoms with Gasteiger partial charge in [-0.25, -0.2) is 4.79 Å². The van der Waals surface area contributed by atoms with E-state index in [1.54, 1.807) is 36.4 Å². The number of esters is 1. The number of hydrogen-bond acceptors (Lipinski definition) is 7. The molecular formula is C30H29ClN2O5. The van der Waals surface area contributed by atoms with Gasteiger partial charge >= 0.3 is 5.97 Å². The summed E-state index contributed by atoms with van der Waals surface area (Å²) in [5.74, 6) is 0.875. The second-order valence-electron chi connectivity index (χ2n) is 8.93. The Labute approximate surface area is 227 Å². The fourth-order valence-electron chi connectivity index (χ4n) is 4.18. The van der Waals surface area contributed by atoms with Crippen molar-refractivity contribution in [2.45, 2.75) is 39.0 Å². The zero-order chi connectivity index (χ0) is 27.1. The summed E-state index contributed by atoms with van der Waals surface area (Å²) in [6, 6.07) is 20.0. The van der Waals surface area contributed by atoms with Crippen LogP contribution < -0.4 is 24.7 Å². The Kier molecular flexibility index (Phi) is 8.77. The van der Waals surface area contributed by atoms with E-state index in [9.17, 15) is 10.1 Å². The predicted molar refractivity (Wildman–Crippen MR) is 145 cm³/mol. The van der Waals surface area contributed by atoms with Crippen molar-refractivity contribution in [3.05, 3.63) is 93.8 Å². The second kappa shape index (κ2) is 12.4.